The van der Waals surface area contributed by atoms with Gasteiger partial charge in [-0.2, -0.15) is 4.98 Å². The number of nitrogens with one attached hydrogen (secondary N) is 1. The summed E-state index contributed by atoms with van der Waals surface area (Å²) in [5.41, 5.74) is 0.983. The second-order valence-electron chi connectivity index (χ2n) is 5.04. The van der Waals surface area contributed by atoms with E-state index >= 15 is 0 Å². The van der Waals surface area contributed by atoms with Crippen LogP contribution >= 0.6 is 11.3 Å². The molecule has 0 fully saturated rings. The molecule has 2 heterocycles. The normalized spacial score (nSPS) is 10.7. The van der Waals surface area contributed by atoms with Crippen LogP contribution in [0.1, 0.15) is 0 Å². The second kappa shape index (κ2) is 6.17. The SMILES string of the molecule is O=c1oc(Nc2ccc(Oc3ccccc3)cc2)nc2cscc12. The molecule has 24 heavy (non-hydrogen) atoms. The molecule has 2 aromatic carbocycles. The van der Waals surface area contributed by atoms with Crippen molar-refractivity contribution < 1.29 is 9.15 Å². The first kappa shape index (κ1) is 14.5. The highest BCUT2D eigenvalue weighted by molar-refractivity contribution is 7.09. The minimum absolute atomic E-state index is 0.169. The van der Waals surface area contributed by atoms with Crippen LogP contribution in [0.15, 0.2) is 74.6 Å². The predicted octanol–water partition coefficient (Wildman–Crippen LogP) is 4.79. The summed E-state index contributed by atoms with van der Waals surface area (Å²) >= 11 is 1.42. The van der Waals surface area contributed by atoms with E-state index in [2.05, 4.69) is 10.3 Å². The zero-order chi connectivity index (χ0) is 16.4. The topological polar surface area (TPSA) is 64.4 Å². The Morgan fingerprint density at radius 2 is 1.71 bits per heavy atom. The lowest BCUT2D eigenvalue weighted by Crippen LogP contribution is -2.03. The molecule has 0 saturated heterocycles. The first-order chi connectivity index (χ1) is 11.8. The van der Waals surface area contributed by atoms with Gasteiger partial charge in [-0.25, -0.2) is 4.79 Å². The highest BCUT2D eigenvalue weighted by Gasteiger charge is 2.07. The van der Waals surface area contributed by atoms with Gasteiger partial charge < -0.3 is 14.5 Å². The van der Waals surface area contributed by atoms with Crippen molar-refractivity contribution in [1.82, 2.24) is 4.98 Å². The van der Waals surface area contributed by atoms with Gasteiger partial charge in [-0.3, -0.25) is 0 Å². The lowest BCUT2D eigenvalue weighted by atomic mass is 10.3. The van der Waals surface area contributed by atoms with Crippen molar-refractivity contribution in [3.63, 3.8) is 0 Å². The highest BCUT2D eigenvalue weighted by Crippen LogP contribution is 2.24. The van der Waals surface area contributed by atoms with E-state index in [1.54, 1.807) is 5.38 Å². The Bertz CT molecular complexity index is 1020. The van der Waals surface area contributed by atoms with Crippen molar-refractivity contribution in [2.24, 2.45) is 0 Å². The van der Waals surface area contributed by atoms with E-state index in [1.807, 2.05) is 60.0 Å². The van der Waals surface area contributed by atoms with Crippen LogP contribution in [0, 0.1) is 0 Å². The number of benzene rings is 2. The van der Waals surface area contributed by atoms with E-state index in [0.29, 0.717) is 10.9 Å². The summed E-state index contributed by atoms with van der Waals surface area (Å²) in [5.74, 6) is 1.49. The third kappa shape index (κ3) is 3.00. The molecule has 0 aliphatic rings. The lowest BCUT2D eigenvalue weighted by Gasteiger charge is -2.07. The molecule has 0 radical (unpaired) electrons. The van der Waals surface area contributed by atoms with Crippen LogP contribution in [-0.4, -0.2) is 4.98 Å². The molecular formula is C18H12N2O3S. The molecule has 4 rings (SSSR count). The maximum atomic E-state index is 11.8. The molecule has 5 nitrogen and oxygen atoms in total. The molecule has 0 unspecified atom stereocenters. The van der Waals surface area contributed by atoms with Crippen LogP contribution in [-0.2, 0) is 0 Å². The van der Waals surface area contributed by atoms with Crippen LogP contribution < -0.4 is 15.7 Å². The third-order valence-electron chi connectivity index (χ3n) is 3.36. The number of thiophene rings is 1. The van der Waals surface area contributed by atoms with Crippen molar-refractivity contribution in [3.8, 4) is 11.5 Å². The number of ether oxygens (including phenoxy) is 1. The van der Waals surface area contributed by atoms with Crippen LogP contribution in [0.4, 0.5) is 11.7 Å². The number of hydrogen-bond acceptors (Lipinski definition) is 6. The fourth-order valence-corrected chi connectivity index (χ4v) is 2.94. The van der Waals surface area contributed by atoms with Crippen LogP contribution in [0.3, 0.4) is 0 Å². The molecule has 4 aromatic rings. The summed E-state index contributed by atoms with van der Waals surface area (Å²) in [4.78, 5) is 16.1. The van der Waals surface area contributed by atoms with Gasteiger partial charge in [0, 0.05) is 16.4 Å². The molecule has 0 aliphatic carbocycles. The van der Waals surface area contributed by atoms with E-state index in [0.717, 1.165) is 17.2 Å². The van der Waals surface area contributed by atoms with E-state index in [4.69, 9.17) is 9.15 Å². The Kier molecular flexibility index (Phi) is 3.72. The molecule has 118 valence electrons. The molecule has 1 N–H and O–H groups in total. The van der Waals surface area contributed by atoms with Crippen molar-refractivity contribution in [1.29, 1.82) is 0 Å². The van der Waals surface area contributed by atoms with Gasteiger partial charge >= 0.3 is 11.6 Å². The average Bonchev–Trinajstić information content (AvgIpc) is 3.07. The summed E-state index contributed by atoms with van der Waals surface area (Å²) in [7, 11) is 0. The Hall–Kier alpha value is -3.12. The van der Waals surface area contributed by atoms with Crippen molar-refractivity contribution >= 4 is 33.9 Å². The van der Waals surface area contributed by atoms with E-state index in [9.17, 15) is 4.79 Å². The molecule has 0 spiro atoms. The molecule has 0 amide bonds. The van der Waals surface area contributed by atoms with Gasteiger partial charge in [0.25, 0.3) is 0 Å². The largest absolute Gasteiger partial charge is 0.457 e. The van der Waals surface area contributed by atoms with Crippen LogP contribution in [0.5, 0.6) is 11.5 Å². The average molecular weight is 336 g/mol. The first-order valence-corrected chi connectivity index (χ1v) is 8.19. The molecular weight excluding hydrogens is 324 g/mol. The first-order valence-electron chi connectivity index (χ1n) is 7.25. The fourth-order valence-electron chi connectivity index (χ4n) is 2.21. The zero-order valence-electron chi connectivity index (χ0n) is 12.4. The lowest BCUT2D eigenvalue weighted by molar-refractivity contribution is 0.482. The van der Waals surface area contributed by atoms with Crippen LogP contribution in [0.2, 0.25) is 0 Å². The third-order valence-corrected chi connectivity index (χ3v) is 4.09. The second-order valence-corrected chi connectivity index (χ2v) is 5.79. The monoisotopic (exact) mass is 336 g/mol. The van der Waals surface area contributed by atoms with Crippen molar-refractivity contribution in [2.45, 2.75) is 0 Å². The fraction of sp³-hybridized carbons (Fsp3) is 0. The molecule has 6 heteroatoms. The zero-order valence-corrected chi connectivity index (χ0v) is 13.2. The minimum Gasteiger partial charge on any atom is -0.457 e. The van der Waals surface area contributed by atoms with Gasteiger partial charge in [0.15, 0.2) is 0 Å². The molecule has 0 saturated carbocycles. The Labute approximate surface area is 141 Å². The quantitative estimate of drug-likeness (QED) is 0.581. The maximum Gasteiger partial charge on any atom is 0.348 e. The maximum absolute atomic E-state index is 11.8. The Balaban J connectivity index is 1.53. The molecule has 0 aliphatic heterocycles. The summed E-state index contributed by atoms with van der Waals surface area (Å²) in [6, 6.07) is 17.0. The van der Waals surface area contributed by atoms with Gasteiger partial charge in [-0.05, 0) is 36.4 Å². The smallest absolute Gasteiger partial charge is 0.348 e. The van der Waals surface area contributed by atoms with Gasteiger partial charge in [0.05, 0.1) is 10.9 Å². The number of nitrogens with zero attached hydrogens (tertiary/aromatic N) is 1. The minimum atomic E-state index is -0.396. The van der Waals surface area contributed by atoms with Crippen molar-refractivity contribution in [3.05, 3.63) is 75.8 Å². The Morgan fingerprint density at radius 1 is 0.958 bits per heavy atom. The summed E-state index contributed by atoms with van der Waals surface area (Å²) in [6.45, 7) is 0. The van der Waals surface area contributed by atoms with Crippen molar-refractivity contribution in [2.75, 3.05) is 5.32 Å². The molecule has 0 bridgehead atoms. The molecule has 2 aromatic heterocycles. The Morgan fingerprint density at radius 3 is 2.50 bits per heavy atom. The standard InChI is InChI=1S/C18H12N2O3S/c21-17-15-10-24-11-16(15)20-18(23-17)19-12-6-8-14(9-7-12)22-13-4-2-1-3-5-13/h1-11H,(H,19,20). The predicted molar refractivity (Wildman–Crippen MR) is 94.4 cm³/mol. The number of para-hydroxylation sites is 1. The molecule has 0 atom stereocenters. The number of rotatable bonds is 4. The van der Waals surface area contributed by atoms with E-state index in [-0.39, 0.29) is 6.01 Å². The van der Waals surface area contributed by atoms with Gasteiger partial charge in [0.2, 0.25) is 0 Å². The number of fused-ring (bicyclic) bond motifs is 1. The summed E-state index contributed by atoms with van der Waals surface area (Å²) in [6.07, 6.45) is 0. The van der Waals surface area contributed by atoms with Gasteiger partial charge in [0.1, 0.15) is 11.5 Å². The van der Waals surface area contributed by atoms with Crippen LogP contribution in [0.25, 0.3) is 10.9 Å². The number of anilines is 2. The highest BCUT2D eigenvalue weighted by atomic mass is 32.1. The number of aromatic nitrogens is 1. The van der Waals surface area contributed by atoms with E-state index in [1.165, 1.54) is 11.3 Å². The van der Waals surface area contributed by atoms with Gasteiger partial charge in [-0.1, -0.05) is 18.2 Å². The summed E-state index contributed by atoms with van der Waals surface area (Å²) in [5, 5.41) is 7.03. The summed E-state index contributed by atoms with van der Waals surface area (Å²) < 4.78 is 10.9. The van der Waals surface area contributed by atoms with E-state index < -0.39 is 5.63 Å². The van der Waals surface area contributed by atoms with Gasteiger partial charge in [-0.15, -0.1) is 11.3 Å². The number of hydrogen-bond donors (Lipinski definition) is 1.